The molecule has 0 N–H and O–H groups in total. The average molecular weight is 199 g/mol. The average Bonchev–Trinajstić information content (AvgIpc) is 2.65. The van der Waals surface area contributed by atoms with E-state index in [1.807, 2.05) is 0 Å². The number of ether oxygens (including phenoxy) is 2. The maximum absolute atomic E-state index is 11.3. The minimum atomic E-state index is -0.640. The highest BCUT2D eigenvalue weighted by molar-refractivity contribution is 5.84. The van der Waals surface area contributed by atoms with Gasteiger partial charge in [0.1, 0.15) is 0 Å². The summed E-state index contributed by atoms with van der Waals surface area (Å²) in [6.07, 6.45) is 2.87. The molecule has 0 aliphatic carbocycles. The second kappa shape index (κ2) is 4.64. The molecule has 0 radical (unpaired) electrons. The first kappa shape index (κ1) is 10.6. The Bertz CT molecular complexity index is 262. The lowest BCUT2D eigenvalue weighted by atomic mass is 10.3. The highest BCUT2D eigenvalue weighted by Gasteiger charge is 2.31. The summed E-state index contributed by atoms with van der Waals surface area (Å²) in [5.41, 5.74) is 0. The minimum Gasteiger partial charge on any atom is -0.467 e. The maximum atomic E-state index is 11.3. The number of carbonyl (C=O) groups excluding carboxylic acids is 2. The van der Waals surface area contributed by atoms with Crippen molar-refractivity contribution in [2.24, 2.45) is 0 Å². The molecule has 5 heteroatoms. The van der Waals surface area contributed by atoms with E-state index in [2.05, 4.69) is 4.74 Å². The molecule has 1 unspecified atom stereocenters. The van der Waals surface area contributed by atoms with Gasteiger partial charge in [-0.2, -0.15) is 0 Å². The van der Waals surface area contributed by atoms with Crippen LogP contribution < -0.4 is 0 Å². The first-order chi connectivity index (χ1) is 6.70. The Morgan fingerprint density at radius 3 is 2.86 bits per heavy atom. The third-order valence-electron chi connectivity index (χ3n) is 1.90. The van der Waals surface area contributed by atoms with E-state index in [0.29, 0.717) is 13.2 Å². The van der Waals surface area contributed by atoms with Gasteiger partial charge in [-0.3, -0.25) is 4.90 Å². The van der Waals surface area contributed by atoms with E-state index in [0.717, 1.165) is 0 Å². The van der Waals surface area contributed by atoms with Crippen LogP contribution in [0.25, 0.3) is 0 Å². The van der Waals surface area contributed by atoms with Crippen LogP contribution in [0.2, 0.25) is 0 Å². The van der Waals surface area contributed by atoms with Gasteiger partial charge in [0, 0.05) is 6.54 Å². The molecular weight excluding hydrogens is 186 g/mol. The van der Waals surface area contributed by atoms with Crippen molar-refractivity contribution in [1.29, 1.82) is 0 Å². The van der Waals surface area contributed by atoms with Crippen molar-refractivity contribution in [2.75, 3.05) is 20.3 Å². The molecule has 14 heavy (non-hydrogen) atoms. The molecule has 0 saturated heterocycles. The van der Waals surface area contributed by atoms with Crippen LogP contribution in [0, 0.1) is 0 Å². The van der Waals surface area contributed by atoms with E-state index in [1.165, 1.54) is 12.0 Å². The van der Waals surface area contributed by atoms with Crippen LogP contribution in [0.3, 0.4) is 0 Å². The molecule has 0 spiro atoms. The van der Waals surface area contributed by atoms with Crippen molar-refractivity contribution in [3.63, 3.8) is 0 Å². The molecule has 78 valence electrons. The zero-order valence-corrected chi connectivity index (χ0v) is 8.23. The van der Waals surface area contributed by atoms with Gasteiger partial charge < -0.3 is 9.47 Å². The molecule has 1 aliphatic rings. The number of rotatable bonds is 2. The monoisotopic (exact) mass is 199 g/mol. The van der Waals surface area contributed by atoms with Crippen LogP contribution in [-0.2, 0) is 14.3 Å². The fourth-order valence-corrected chi connectivity index (χ4v) is 1.24. The fourth-order valence-electron chi connectivity index (χ4n) is 1.24. The molecule has 0 aromatic carbocycles. The molecule has 0 saturated carbocycles. The third kappa shape index (κ3) is 2.04. The van der Waals surface area contributed by atoms with E-state index >= 15 is 0 Å². The molecule has 0 aromatic heterocycles. The first-order valence-electron chi connectivity index (χ1n) is 4.38. The molecule has 1 amide bonds. The molecule has 5 nitrogen and oxygen atoms in total. The normalized spacial score (nSPS) is 19.6. The van der Waals surface area contributed by atoms with Gasteiger partial charge in [0.2, 0.25) is 0 Å². The summed E-state index contributed by atoms with van der Waals surface area (Å²) >= 11 is 0. The molecule has 1 heterocycles. The lowest BCUT2D eigenvalue weighted by molar-refractivity contribution is -0.144. The van der Waals surface area contributed by atoms with Crippen molar-refractivity contribution >= 4 is 12.1 Å². The second-order valence-electron chi connectivity index (χ2n) is 2.75. The van der Waals surface area contributed by atoms with Gasteiger partial charge in [-0.25, -0.2) is 9.59 Å². The summed E-state index contributed by atoms with van der Waals surface area (Å²) in [4.78, 5) is 23.9. The van der Waals surface area contributed by atoms with Crippen molar-refractivity contribution in [2.45, 2.75) is 13.0 Å². The first-order valence-corrected chi connectivity index (χ1v) is 4.38. The molecule has 1 aliphatic heterocycles. The van der Waals surface area contributed by atoms with Crippen LogP contribution in [0.4, 0.5) is 4.79 Å². The standard InChI is InChI=1S/C9H13NO4/c1-3-14-9(12)10-6-4-5-7(10)8(11)13-2/h4-5,7H,3,6H2,1-2H3. The quantitative estimate of drug-likeness (QED) is 0.481. The predicted octanol–water partition coefficient (Wildman–Crippen LogP) is 0.556. The molecular formula is C9H13NO4. The molecule has 0 bridgehead atoms. The number of carbonyl (C=O) groups is 2. The number of methoxy groups -OCH3 is 1. The minimum absolute atomic E-state index is 0.295. The van der Waals surface area contributed by atoms with Crippen LogP contribution in [-0.4, -0.2) is 43.3 Å². The van der Waals surface area contributed by atoms with E-state index in [9.17, 15) is 9.59 Å². The lowest BCUT2D eigenvalue weighted by Crippen LogP contribution is -2.41. The number of hydrogen-bond donors (Lipinski definition) is 0. The largest absolute Gasteiger partial charge is 0.467 e. The molecule has 0 fully saturated rings. The predicted molar refractivity (Wildman–Crippen MR) is 48.7 cm³/mol. The summed E-state index contributed by atoms with van der Waals surface area (Å²) in [6, 6.07) is -0.640. The van der Waals surface area contributed by atoms with Crippen LogP contribution >= 0.6 is 0 Å². The second-order valence-corrected chi connectivity index (χ2v) is 2.75. The van der Waals surface area contributed by atoms with E-state index in [1.54, 1.807) is 19.1 Å². The van der Waals surface area contributed by atoms with Gasteiger partial charge in [0.05, 0.1) is 13.7 Å². The van der Waals surface area contributed by atoms with Crippen molar-refractivity contribution in [1.82, 2.24) is 4.90 Å². The molecule has 1 rings (SSSR count). The highest BCUT2D eigenvalue weighted by Crippen LogP contribution is 2.12. The zero-order valence-electron chi connectivity index (χ0n) is 8.23. The Hall–Kier alpha value is -1.52. The molecule has 1 atom stereocenters. The van der Waals surface area contributed by atoms with Crippen LogP contribution in [0.5, 0.6) is 0 Å². The van der Waals surface area contributed by atoms with Gasteiger partial charge >= 0.3 is 12.1 Å². The smallest absolute Gasteiger partial charge is 0.411 e. The SMILES string of the molecule is CCOC(=O)N1CC=CC1C(=O)OC. The van der Waals surface area contributed by atoms with Gasteiger partial charge in [-0.05, 0) is 6.92 Å². The third-order valence-corrected chi connectivity index (χ3v) is 1.90. The Morgan fingerprint density at radius 1 is 1.57 bits per heavy atom. The number of nitrogens with zero attached hydrogens (tertiary/aromatic N) is 1. The Kier molecular flexibility index (Phi) is 3.50. The van der Waals surface area contributed by atoms with Crippen molar-refractivity contribution < 1.29 is 19.1 Å². The van der Waals surface area contributed by atoms with Crippen LogP contribution in [0.1, 0.15) is 6.92 Å². The lowest BCUT2D eigenvalue weighted by Gasteiger charge is -2.21. The van der Waals surface area contributed by atoms with Crippen molar-refractivity contribution in [3.05, 3.63) is 12.2 Å². The number of esters is 1. The number of hydrogen-bond acceptors (Lipinski definition) is 4. The summed E-state index contributed by atoms with van der Waals surface area (Å²) in [6.45, 7) is 2.40. The Balaban J connectivity index is 2.62. The van der Waals surface area contributed by atoms with E-state index in [-0.39, 0.29) is 0 Å². The highest BCUT2D eigenvalue weighted by atomic mass is 16.6. The summed E-state index contributed by atoms with van der Waals surface area (Å²) in [5, 5.41) is 0. The van der Waals surface area contributed by atoms with Crippen molar-refractivity contribution in [3.8, 4) is 0 Å². The van der Waals surface area contributed by atoms with Gasteiger partial charge in [0.25, 0.3) is 0 Å². The topological polar surface area (TPSA) is 55.8 Å². The molecule has 0 aromatic rings. The summed E-state index contributed by atoms with van der Waals surface area (Å²) in [7, 11) is 1.29. The Morgan fingerprint density at radius 2 is 2.29 bits per heavy atom. The summed E-state index contributed by atoms with van der Waals surface area (Å²) < 4.78 is 9.34. The van der Waals surface area contributed by atoms with Gasteiger partial charge in [-0.1, -0.05) is 12.2 Å². The van der Waals surface area contributed by atoms with E-state index in [4.69, 9.17) is 4.74 Å². The zero-order chi connectivity index (χ0) is 10.6. The maximum Gasteiger partial charge on any atom is 0.411 e. The Labute approximate surface area is 82.3 Å². The van der Waals surface area contributed by atoms with Gasteiger partial charge in [0.15, 0.2) is 6.04 Å². The number of amides is 1. The van der Waals surface area contributed by atoms with E-state index < -0.39 is 18.1 Å². The fraction of sp³-hybridized carbons (Fsp3) is 0.556. The summed E-state index contributed by atoms with van der Waals surface area (Å²) in [5.74, 6) is -0.452. The van der Waals surface area contributed by atoms with Gasteiger partial charge in [-0.15, -0.1) is 0 Å². The van der Waals surface area contributed by atoms with Crippen LogP contribution in [0.15, 0.2) is 12.2 Å².